The maximum Gasteiger partial charge on any atom is 0.251 e. The summed E-state index contributed by atoms with van der Waals surface area (Å²) in [5.74, 6) is -0.614. The smallest absolute Gasteiger partial charge is 0.251 e. The Morgan fingerprint density at radius 1 is 1.33 bits per heavy atom. The van der Waals surface area contributed by atoms with Crippen LogP contribution in [0.1, 0.15) is 15.9 Å². The van der Waals surface area contributed by atoms with Crippen LogP contribution in [0.3, 0.4) is 0 Å². The number of pyridine rings is 1. The number of aromatic nitrogens is 1. The van der Waals surface area contributed by atoms with Gasteiger partial charge in [0, 0.05) is 31.4 Å². The van der Waals surface area contributed by atoms with Gasteiger partial charge in [-0.1, -0.05) is 6.07 Å². The fraction of sp³-hybridized carbons (Fsp3) is 0.200. The molecule has 0 atom stereocenters. The summed E-state index contributed by atoms with van der Waals surface area (Å²) in [6.07, 6.45) is 2.13. The Labute approximate surface area is 129 Å². The summed E-state index contributed by atoms with van der Waals surface area (Å²) in [6.45, 7) is 0.409. The Kier molecular flexibility index (Phi) is 4.90. The van der Waals surface area contributed by atoms with Gasteiger partial charge in [-0.2, -0.15) is 0 Å². The number of amides is 1. The molecule has 6 heteroatoms. The minimum atomic E-state index is -0.317. The molecule has 0 saturated carbocycles. The van der Waals surface area contributed by atoms with Crippen molar-refractivity contribution in [1.29, 1.82) is 0 Å². The van der Waals surface area contributed by atoms with E-state index in [1.165, 1.54) is 16.7 Å². The first-order valence-electron chi connectivity index (χ1n) is 6.36. The van der Waals surface area contributed by atoms with Gasteiger partial charge in [-0.15, -0.1) is 0 Å². The molecule has 2 aromatic rings. The molecule has 0 bridgehead atoms. The first-order chi connectivity index (χ1) is 9.97. The highest BCUT2D eigenvalue weighted by Crippen LogP contribution is 2.16. The average molecular weight is 353 g/mol. The molecule has 0 radical (unpaired) electrons. The summed E-state index contributed by atoms with van der Waals surface area (Å²) < 4.78 is 14.9. The van der Waals surface area contributed by atoms with Crippen molar-refractivity contribution in [2.45, 2.75) is 6.42 Å². The molecule has 0 aliphatic heterocycles. The molecule has 1 aromatic carbocycles. The van der Waals surface area contributed by atoms with Crippen LogP contribution in [0.15, 0.2) is 45.8 Å². The zero-order valence-corrected chi connectivity index (χ0v) is 13.0. The molecule has 2 rings (SSSR count). The normalized spacial score (nSPS) is 10.4. The highest BCUT2D eigenvalue weighted by molar-refractivity contribution is 9.10. The third-order valence-electron chi connectivity index (χ3n) is 3.05. The monoisotopic (exact) mass is 352 g/mol. The van der Waals surface area contributed by atoms with Gasteiger partial charge in [-0.3, -0.25) is 9.59 Å². The number of nitrogens with one attached hydrogen (secondary N) is 1. The van der Waals surface area contributed by atoms with Gasteiger partial charge in [-0.05, 0) is 46.1 Å². The molecule has 0 aliphatic carbocycles. The Morgan fingerprint density at radius 3 is 2.76 bits per heavy atom. The second-order valence-electron chi connectivity index (χ2n) is 4.62. The lowest BCUT2D eigenvalue weighted by molar-refractivity contribution is 0.0954. The van der Waals surface area contributed by atoms with E-state index in [4.69, 9.17) is 0 Å². The van der Waals surface area contributed by atoms with Crippen molar-refractivity contribution >= 4 is 21.8 Å². The first kappa shape index (κ1) is 15.4. The van der Waals surface area contributed by atoms with E-state index in [0.29, 0.717) is 23.0 Å². The zero-order valence-electron chi connectivity index (χ0n) is 11.4. The predicted molar refractivity (Wildman–Crippen MR) is 81.8 cm³/mol. The number of halogens is 2. The van der Waals surface area contributed by atoms with Gasteiger partial charge < -0.3 is 9.88 Å². The maximum absolute atomic E-state index is 13.1. The molecular weight excluding hydrogens is 339 g/mol. The van der Waals surface area contributed by atoms with Crippen LogP contribution in [0.5, 0.6) is 0 Å². The van der Waals surface area contributed by atoms with Crippen molar-refractivity contribution in [3.8, 4) is 0 Å². The SMILES string of the molecule is Cn1ccc(C(=O)NCCc2ccc(F)c(Br)c2)cc1=O. The molecule has 0 unspecified atom stereocenters. The van der Waals surface area contributed by atoms with Crippen molar-refractivity contribution in [2.75, 3.05) is 6.54 Å². The Balaban J connectivity index is 1.93. The summed E-state index contributed by atoms with van der Waals surface area (Å²) in [5, 5.41) is 2.73. The Hall–Kier alpha value is -1.95. The van der Waals surface area contributed by atoms with Crippen molar-refractivity contribution in [2.24, 2.45) is 7.05 Å². The molecule has 21 heavy (non-hydrogen) atoms. The maximum atomic E-state index is 13.1. The van der Waals surface area contributed by atoms with Gasteiger partial charge >= 0.3 is 0 Å². The zero-order chi connectivity index (χ0) is 15.4. The molecule has 1 aromatic heterocycles. The standard InChI is InChI=1S/C15H14BrFN2O2/c1-19-7-5-11(9-14(19)20)15(21)18-6-4-10-2-3-13(17)12(16)8-10/h2-3,5,7-9H,4,6H2,1H3,(H,18,21). The number of hydrogen-bond acceptors (Lipinski definition) is 2. The molecule has 1 amide bonds. The van der Waals surface area contributed by atoms with Crippen LogP contribution in [-0.2, 0) is 13.5 Å². The van der Waals surface area contributed by atoms with E-state index in [2.05, 4.69) is 21.2 Å². The van der Waals surface area contributed by atoms with E-state index in [1.807, 2.05) is 0 Å². The largest absolute Gasteiger partial charge is 0.352 e. The molecule has 110 valence electrons. The molecule has 0 aliphatic rings. The predicted octanol–water partition coefficient (Wildman–Crippen LogP) is 2.26. The topological polar surface area (TPSA) is 51.1 Å². The van der Waals surface area contributed by atoms with Gasteiger partial charge in [0.1, 0.15) is 5.82 Å². The van der Waals surface area contributed by atoms with Crippen LogP contribution in [0.25, 0.3) is 0 Å². The summed E-state index contributed by atoms with van der Waals surface area (Å²) in [4.78, 5) is 23.3. The van der Waals surface area contributed by atoms with Crippen LogP contribution in [0, 0.1) is 5.82 Å². The molecule has 0 spiro atoms. The Bertz CT molecular complexity index is 728. The van der Waals surface area contributed by atoms with Gasteiger partial charge in [-0.25, -0.2) is 4.39 Å². The van der Waals surface area contributed by atoms with E-state index in [0.717, 1.165) is 5.56 Å². The minimum Gasteiger partial charge on any atom is -0.352 e. The third kappa shape index (κ3) is 4.01. The Morgan fingerprint density at radius 2 is 2.10 bits per heavy atom. The fourth-order valence-corrected chi connectivity index (χ4v) is 2.23. The molecule has 1 N–H and O–H groups in total. The molecule has 0 saturated heterocycles. The number of carbonyl (C=O) groups is 1. The quantitative estimate of drug-likeness (QED) is 0.917. The van der Waals surface area contributed by atoms with Crippen LogP contribution in [0.2, 0.25) is 0 Å². The van der Waals surface area contributed by atoms with Crippen LogP contribution < -0.4 is 10.9 Å². The van der Waals surface area contributed by atoms with Gasteiger partial charge in [0.2, 0.25) is 0 Å². The van der Waals surface area contributed by atoms with Gasteiger partial charge in [0.25, 0.3) is 11.5 Å². The number of benzene rings is 1. The minimum absolute atomic E-state index is 0.231. The van der Waals surface area contributed by atoms with Crippen LogP contribution >= 0.6 is 15.9 Å². The third-order valence-corrected chi connectivity index (χ3v) is 3.66. The number of rotatable bonds is 4. The molecular formula is C15H14BrFN2O2. The highest BCUT2D eigenvalue weighted by Gasteiger charge is 2.06. The van der Waals surface area contributed by atoms with Crippen molar-refractivity contribution in [3.63, 3.8) is 0 Å². The van der Waals surface area contributed by atoms with Crippen molar-refractivity contribution < 1.29 is 9.18 Å². The van der Waals surface area contributed by atoms with Crippen LogP contribution in [0.4, 0.5) is 4.39 Å². The summed E-state index contributed by atoms with van der Waals surface area (Å²) in [6, 6.07) is 7.61. The summed E-state index contributed by atoms with van der Waals surface area (Å²) >= 11 is 3.12. The number of hydrogen-bond donors (Lipinski definition) is 1. The molecule has 4 nitrogen and oxygen atoms in total. The van der Waals surface area contributed by atoms with E-state index in [9.17, 15) is 14.0 Å². The summed E-state index contributed by atoms with van der Waals surface area (Å²) in [7, 11) is 1.62. The van der Waals surface area contributed by atoms with E-state index in [1.54, 1.807) is 31.4 Å². The fourth-order valence-electron chi connectivity index (χ4n) is 1.81. The number of aryl methyl sites for hydroxylation is 1. The lowest BCUT2D eigenvalue weighted by Gasteiger charge is -2.06. The van der Waals surface area contributed by atoms with E-state index in [-0.39, 0.29) is 17.3 Å². The van der Waals surface area contributed by atoms with E-state index < -0.39 is 0 Å². The lowest BCUT2D eigenvalue weighted by atomic mass is 10.1. The molecule has 0 fully saturated rings. The lowest BCUT2D eigenvalue weighted by Crippen LogP contribution is -2.27. The highest BCUT2D eigenvalue weighted by atomic mass is 79.9. The van der Waals surface area contributed by atoms with Crippen LogP contribution in [-0.4, -0.2) is 17.0 Å². The average Bonchev–Trinajstić information content (AvgIpc) is 2.45. The van der Waals surface area contributed by atoms with Crippen molar-refractivity contribution in [1.82, 2.24) is 9.88 Å². The number of carbonyl (C=O) groups excluding carboxylic acids is 1. The summed E-state index contributed by atoms with van der Waals surface area (Å²) in [5.41, 5.74) is 1.01. The van der Waals surface area contributed by atoms with Gasteiger partial charge in [0.15, 0.2) is 0 Å². The second-order valence-corrected chi connectivity index (χ2v) is 5.47. The second kappa shape index (κ2) is 6.67. The number of nitrogens with zero attached hydrogens (tertiary/aromatic N) is 1. The first-order valence-corrected chi connectivity index (χ1v) is 7.15. The van der Waals surface area contributed by atoms with Gasteiger partial charge in [0.05, 0.1) is 4.47 Å². The van der Waals surface area contributed by atoms with E-state index >= 15 is 0 Å². The van der Waals surface area contributed by atoms with Crippen molar-refractivity contribution in [3.05, 3.63) is 68.3 Å². The molecule has 1 heterocycles.